The molecule has 3 heteroatoms. The van der Waals surface area contributed by atoms with Crippen molar-refractivity contribution in [3.8, 4) is 12.1 Å². The van der Waals surface area contributed by atoms with E-state index in [1.54, 1.807) is 0 Å². The highest BCUT2D eigenvalue weighted by Crippen LogP contribution is 2.31. The van der Waals surface area contributed by atoms with Gasteiger partial charge in [0, 0.05) is 28.4 Å². The fourth-order valence-corrected chi connectivity index (χ4v) is 3.36. The predicted molar refractivity (Wildman–Crippen MR) is 97.6 cm³/mol. The first kappa shape index (κ1) is 16.1. The number of nitrogens with zero attached hydrogens (tertiary/aromatic N) is 3. The molecule has 2 aromatic carbocycles. The topological polar surface area (TPSA) is 52.5 Å². The fourth-order valence-electron chi connectivity index (χ4n) is 3.36. The molecule has 3 rings (SSSR count). The normalized spacial score (nSPS) is 10.8. The average molecular weight is 315 g/mol. The van der Waals surface area contributed by atoms with E-state index in [-0.39, 0.29) is 0 Å². The van der Waals surface area contributed by atoms with Crippen LogP contribution in [0, 0.1) is 22.7 Å². The van der Waals surface area contributed by atoms with Gasteiger partial charge in [0.15, 0.2) is 0 Å². The Morgan fingerprint density at radius 2 is 1.33 bits per heavy atom. The summed E-state index contributed by atoms with van der Waals surface area (Å²) in [5.74, 6) is 0. The monoisotopic (exact) mass is 315 g/mol. The molecular formula is C21H21N3. The summed E-state index contributed by atoms with van der Waals surface area (Å²) in [7, 11) is 0. The number of hydrogen-bond donors (Lipinski definition) is 0. The first-order chi connectivity index (χ1) is 11.8. The Kier molecular flexibility index (Phi) is 4.82. The van der Waals surface area contributed by atoms with Crippen molar-refractivity contribution in [2.45, 2.75) is 45.6 Å². The number of hydrogen-bond acceptors (Lipinski definition) is 2. The first-order valence-electron chi connectivity index (χ1n) is 8.64. The van der Waals surface area contributed by atoms with Crippen molar-refractivity contribution in [1.29, 1.82) is 10.5 Å². The van der Waals surface area contributed by atoms with Crippen molar-refractivity contribution in [1.82, 2.24) is 4.57 Å². The lowest BCUT2D eigenvalue weighted by Crippen LogP contribution is -1.97. The molecular weight excluding hydrogens is 294 g/mol. The van der Waals surface area contributed by atoms with Gasteiger partial charge in [-0.05, 0) is 42.8 Å². The summed E-state index contributed by atoms with van der Waals surface area (Å²) in [6.45, 7) is 3.20. The van der Waals surface area contributed by atoms with Crippen molar-refractivity contribution >= 4 is 21.8 Å². The average Bonchev–Trinajstić information content (AvgIpc) is 2.94. The third-order valence-corrected chi connectivity index (χ3v) is 4.61. The van der Waals surface area contributed by atoms with E-state index < -0.39 is 0 Å². The highest BCUT2D eigenvalue weighted by atomic mass is 15.0. The largest absolute Gasteiger partial charge is 0.340 e. The van der Waals surface area contributed by atoms with Crippen molar-refractivity contribution in [2.24, 2.45) is 0 Å². The summed E-state index contributed by atoms with van der Waals surface area (Å²) in [4.78, 5) is 0. The molecule has 3 aromatic rings. The van der Waals surface area contributed by atoms with Crippen molar-refractivity contribution in [3.05, 3.63) is 47.5 Å². The quantitative estimate of drug-likeness (QED) is 0.563. The zero-order valence-corrected chi connectivity index (χ0v) is 14.0. The number of rotatable bonds is 6. The Labute approximate surface area is 142 Å². The van der Waals surface area contributed by atoms with Crippen LogP contribution in [0.5, 0.6) is 0 Å². The number of nitriles is 2. The molecule has 0 radical (unpaired) electrons. The van der Waals surface area contributed by atoms with Gasteiger partial charge in [0.2, 0.25) is 0 Å². The summed E-state index contributed by atoms with van der Waals surface area (Å²) < 4.78 is 2.33. The molecule has 0 saturated carbocycles. The van der Waals surface area contributed by atoms with Gasteiger partial charge in [0.05, 0.1) is 23.3 Å². The minimum Gasteiger partial charge on any atom is -0.340 e. The molecule has 24 heavy (non-hydrogen) atoms. The second kappa shape index (κ2) is 7.20. The van der Waals surface area contributed by atoms with Crippen LogP contribution in [0.3, 0.4) is 0 Å². The minimum atomic E-state index is 0.659. The van der Waals surface area contributed by atoms with Crippen LogP contribution in [-0.4, -0.2) is 4.57 Å². The van der Waals surface area contributed by atoms with Gasteiger partial charge in [-0.3, -0.25) is 0 Å². The summed E-state index contributed by atoms with van der Waals surface area (Å²) in [5.41, 5.74) is 3.61. The SMILES string of the molecule is CCCCCCCn1c2ccc(C#N)cc2c2cc(C#N)ccc21. The highest BCUT2D eigenvalue weighted by Gasteiger charge is 2.11. The molecule has 0 aliphatic rings. The Bertz CT molecular complexity index is 880. The molecule has 3 nitrogen and oxygen atoms in total. The van der Waals surface area contributed by atoms with E-state index in [0.717, 1.165) is 34.8 Å². The summed E-state index contributed by atoms with van der Waals surface area (Å²) in [6, 6.07) is 16.1. The van der Waals surface area contributed by atoms with Crippen LogP contribution in [0.4, 0.5) is 0 Å². The fraction of sp³-hybridized carbons (Fsp3) is 0.333. The number of fused-ring (bicyclic) bond motifs is 3. The zero-order chi connectivity index (χ0) is 16.9. The summed E-state index contributed by atoms with van der Waals surface area (Å²) >= 11 is 0. The molecule has 1 heterocycles. The highest BCUT2D eigenvalue weighted by molar-refractivity contribution is 6.08. The number of benzene rings is 2. The van der Waals surface area contributed by atoms with Gasteiger partial charge < -0.3 is 4.57 Å². The lowest BCUT2D eigenvalue weighted by molar-refractivity contribution is 0.584. The van der Waals surface area contributed by atoms with Crippen molar-refractivity contribution in [2.75, 3.05) is 0 Å². The van der Waals surface area contributed by atoms with Gasteiger partial charge in [0.1, 0.15) is 0 Å². The summed E-state index contributed by atoms with van der Waals surface area (Å²) in [5, 5.41) is 20.5. The maximum atomic E-state index is 9.19. The van der Waals surface area contributed by atoms with Gasteiger partial charge in [-0.25, -0.2) is 0 Å². The molecule has 0 aliphatic carbocycles. The van der Waals surface area contributed by atoms with Crippen LogP contribution in [0.25, 0.3) is 21.8 Å². The van der Waals surface area contributed by atoms with E-state index in [9.17, 15) is 10.5 Å². The Balaban J connectivity index is 2.05. The Morgan fingerprint density at radius 3 is 1.83 bits per heavy atom. The molecule has 0 amide bonds. The van der Waals surface area contributed by atoms with Gasteiger partial charge in [-0.1, -0.05) is 32.6 Å². The van der Waals surface area contributed by atoms with Crippen molar-refractivity contribution < 1.29 is 0 Å². The zero-order valence-electron chi connectivity index (χ0n) is 14.0. The standard InChI is InChI=1S/C21H21N3/c1-2-3-4-5-6-11-24-20-9-7-16(14-22)12-18(20)19-13-17(15-23)8-10-21(19)24/h7-10,12-13H,2-6,11H2,1H3. The molecule has 1 aromatic heterocycles. The minimum absolute atomic E-state index is 0.659. The van der Waals surface area contributed by atoms with E-state index >= 15 is 0 Å². The molecule has 120 valence electrons. The van der Waals surface area contributed by atoms with E-state index in [2.05, 4.69) is 23.6 Å². The molecule has 0 unspecified atom stereocenters. The second-order valence-corrected chi connectivity index (χ2v) is 6.25. The van der Waals surface area contributed by atoms with E-state index in [1.165, 1.54) is 25.7 Å². The second-order valence-electron chi connectivity index (χ2n) is 6.25. The maximum Gasteiger partial charge on any atom is 0.0991 e. The number of aryl methyl sites for hydroxylation is 1. The molecule has 0 atom stereocenters. The summed E-state index contributed by atoms with van der Waals surface area (Å²) in [6.07, 6.45) is 6.22. The van der Waals surface area contributed by atoms with E-state index in [4.69, 9.17) is 0 Å². The van der Waals surface area contributed by atoms with Crippen LogP contribution in [0.1, 0.15) is 50.2 Å². The van der Waals surface area contributed by atoms with Gasteiger partial charge >= 0.3 is 0 Å². The van der Waals surface area contributed by atoms with E-state index in [1.807, 2.05) is 36.4 Å². The Hall–Kier alpha value is -2.78. The molecule has 0 saturated heterocycles. The van der Waals surface area contributed by atoms with Crippen LogP contribution in [0.2, 0.25) is 0 Å². The molecule has 0 fully saturated rings. The number of aromatic nitrogens is 1. The van der Waals surface area contributed by atoms with Crippen LogP contribution >= 0.6 is 0 Å². The molecule has 0 N–H and O–H groups in total. The molecule has 0 spiro atoms. The van der Waals surface area contributed by atoms with E-state index in [0.29, 0.717) is 11.1 Å². The number of unbranched alkanes of at least 4 members (excludes halogenated alkanes) is 4. The smallest absolute Gasteiger partial charge is 0.0991 e. The van der Waals surface area contributed by atoms with Gasteiger partial charge in [-0.15, -0.1) is 0 Å². The Morgan fingerprint density at radius 1 is 0.792 bits per heavy atom. The molecule has 0 aliphatic heterocycles. The third kappa shape index (κ3) is 2.99. The van der Waals surface area contributed by atoms with Crippen LogP contribution in [-0.2, 0) is 6.54 Å². The van der Waals surface area contributed by atoms with Crippen molar-refractivity contribution in [3.63, 3.8) is 0 Å². The van der Waals surface area contributed by atoms with Gasteiger partial charge in [0.25, 0.3) is 0 Å². The lowest BCUT2D eigenvalue weighted by Gasteiger charge is -2.07. The van der Waals surface area contributed by atoms with Crippen LogP contribution in [0.15, 0.2) is 36.4 Å². The molecule has 0 bridgehead atoms. The lowest BCUT2D eigenvalue weighted by atomic mass is 10.1. The third-order valence-electron chi connectivity index (χ3n) is 4.61. The maximum absolute atomic E-state index is 9.19. The van der Waals surface area contributed by atoms with Crippen LogP contribution < -0.4 is 0 Å². The predicted octanol–water partition coefficient (Wildman–Crippen LogP) is 5.51. The van der Waals surface area contributed by atoms with Gasteiger partial charge in [-0.2, -0.15) is 10.5 Å². The first-order valence-corrected chi connectivity index (χ1v) is 8.64.